The molecule has 166 valence electrons. The molecule has 8 heteroatoms. The van der Waals surface area contributed by atoms with Gasteiger partial charge in [-0.05, 0) is 64.4 Å². The molecule has 0 spiro atoms. The minimum absolute atomic E-state index is 0.0660. The minimum atomic E-state index is -0.568. The summed E-state index contributed by atoms with van der Waals surface area (Å²) in [5, 5.41) is 9.25. The first-order valence-corrected chi connectivity index (χ1v) is 10.7. The molecule has 5 N–H and O–H groups in total. The third-order valence-electron chi connectivity index (χ3n) is 5.30. The van der Waals surface area contributed by atoms with Gasteiger partial charge in [0.1, 0.15) is 0 Å². The van der Waals surface area contributed by atoms with Crippen molar-refractivity contribution in [2.75, 3.05) is 32.7 Å². The minimum Gasteiger partial charge on any atom is -0.368 e. The number of hydrogen-bond acceptors (Lipinski definition) is 4. The molecule has 30 heavy (non-hydrogen) atoms. The number of rotatable bonds is 9. The molecule has 2 rings (SSSR count). The van der Waals surface area contributed by atoms with E-state index in [1.54, 1.807) is 12.1 Å². The fourth-order valence-corrected chi connectivity index (χ4v) is 3.45. The van der Waals surface area contributed by atoms with E-state index < -0.39 is 5.91 Å². The maximum absolute atomic E-state index is 12.0. The number of carbonyl (C=O) groups excluding carboxylic acids is 2. The van der Waals surface area contributed by atoms with Crippen LogP contribution in [0.2, 0.25) is 0 Å². The number of hydrogen-bond donors (Lipinski definition) is 4. The molecule has 1 fully saturated rings. The largest absolute Gasteiger partial charge is 0.368 e. The van der Waals surface area contributed by atoms with Crippen molar-refractivity contribution in [3.8, 4) is 0 Å². The van der Waals surface area contributed by atoms with Gasteiger partial charge >= 0.3 is 0 Å². The van der Waals surface area contributed by atoms with E-state index in [1.807, 2.05) is 19.1 Å². The number of likely N-dealkylation sites (tertiary alicyclic amines) is 1. The second-order valence-electron chi connectivity index (χ2n) is 8.25. The molecule has 1 saturated heterocycles. The Balaban J connectivity index is 1.91. The monoisotopic (exact) mass is 416 g/mol. The fourth-order valence-electron chi connectivity index (χ4n) is 3.45. The molecule has 0 radical (unpaired) electrons. The predicted molar refractivity (Wildman–Crippen MR) is 120 cm³/mol. The Hall–Kier alpha value is -2.61. The van der Waals surface area contributed by atoms with Crippen molar-refractivity contribution in [2.24, 2.45) is 10.7 Å². The number of benzene rings is 1. The molecule has 1 heterocycles. The molecule has 1 aromatic rings. The first-order chi connectivity index (χ1) is 14.3. The average Bonchev–Trinajstić information content (AvgIpc) is 2.75. The van der Waals surface area contributed by atoms with Crippen LogP contribution in [0.25, 0.3) is 0 Å². The average molecular weight is 417 g/mol. The summed E-state index contributed by atoms with van der Waals surface area (Å²) < 4.78 is 0. The van der Waals surface area contributed by atoms with E-state index >= 15 is 0 Å². The van der Waals surface area contributed by atoms with Gasteiger partial charge in [0.2, 0.25) is 5.91 Å². The molecule has 0 aromatic heterocycles. The van der Waals surface area contributed by atoms with Crippen LogP contribution in [0.1, 0.15) is 56.0 Å². The van der Waals surface area contributed by atoms with Gasteiger partial charge in [0.25, 0.3) is 5.91 Å². The molecule has 1 aliphatic rings. The zero-order valence-corrected chi connectivity index (χ0v) is 18.5. The molecule has 1 aliphatic heterocycles. The van der Waals surface area contributed by atoms with E-state index in [-0.39, 0.29) is 18.0 Å². The van der Waals surface area contributed by atoms with Crippen LogP contribution in [0.15, 0.2) is 29.3 Å². The van der Waals surface area contributed by atoms with Crippen LogP contribution in [0, 0.1) is 0 Å². The zero-order valence-electron chi connectivity index (χ0n) is 18.5. The Morgan fingerprint density at radius 1 is 1.07 bits per heavy atom. The van der Waals surface area contributed by atoms with Gasteiger partial charge in [0, 0.05) is 24.2 Å². The first kappa shape index (κ1) is 23.7. The van der Waals surface area contributed by atoms with Gasteiger partial charge in [0.15, 0.2) is 5.96 Å². The van der Waals surface area contributed by atoms with Gasteiger partial charge in [-0.1, -0.05) is 18.6 Å². The molecule has 0 bridgehead atoms. The summed E-state index contributed by atoms with van der Waals surface area (Å²) in [6, 6.07) is 7.18. The van der Waals surface area contributed by atoms with Crippen LogP contribution in [0.3, 0.4) is 0 Å². The number of nitrogens with one attached hydrogen (secondary N) is 3. The number of nitrogens with two attached hydrogens (primary N) is 1. The lowest BCUT2D eigenvalue weighted by Gasteiger charge is -2.41. The molecule has 0 unspecified atom stereocenters. The van der Waals surface area contributed by atoms with Crippen molar-refractivity contribution in [1.29, 1.82) is 0 Å². The summed E-state index contributed by atoms with van der Waals surface area (Å²) in [7, 11) is 0. The summed E-state index contributed by atoms with van der Waals surface area (Å²) in [5.74, 6) is -0.106. The first-order valence-electron chi connectivity index (χ1n) is 10.7. The maximum Gasteiger partial charge on any atom is 0.251 e. The smallest absolute Gasteiger partial charge is 0.251 e. The summed E-state index contributed by atoms with van der Waals surface area (Å²) in [6.45, 7) is 10.8. The van der Waals surface area contributed by atoms with E-state index in [1.165, 1.54) is 19.3 Å². The van der Waals surface area contributed by atoms with Crippen LogP contribution in [0.5, 0.6) is 0 Å². The van der Waals surface area contributed by atoms with E-state index in [4.69, 9.17) is 5.73 Å². The SMILES string of the molecule is CCNC(=NCc1ccc(C(=O)NCC(N)=O)cc1)NCC(C)(C)N1CCCCC1. The number of guanidine groups is 1. The highest BCUT2D eigenvalue weighted by molar-refractivity contribution is 5.96. The number of aliphatic imine (C=N–C) groups is 1. The Labute approximate surface area is 179 Å². The Bertz CT molecular complexity index is 724. The quantitative estimate of drug-likeness (QED) is 0.357. The van der Waals surface area contributed by atoms with Crippen LogP contribution in [-0.4, -0.2) is 60.9 Å². The Morgan fingerprint density at radius 2 is 1.73 bits per heavy atom. The molecule has 8 nitrogen and oxygen atoms in total. The van der Waals surface area contributed by atoms with Crippen LogP contribution >= 0.6 is 0 Å². The molecule has 0 saturated carbocycles. The van der Waals surface area contributed by atoms with Crippen molar-refractivity contribution < 1.29 is 9.59 Å². The van der Waals surface area contributed by atoms with E-state index in [9.17, 15) is 9.59 Å². The maximum atomic E-state index is 12.0. The van der Waals surface area contributed by atoms with E-state index in [0.29, 0.717) is 12.1 Å². The second-order valence-corrected chi connectivity index (χ2v) is 8.25. The zero-order chi connectivity index (χ0) is 22.0. The van der Waals surface area contributed by atoms with Crippen LogP contribution < -0.4 is 21.7 Å². The van der Waals surface area contributed by atoms with E-state index in [0.717, 1.165) is 37.7 Å². The van der Waals surface area contributed by atoms with Gasteiger partial charge in [-0.15, -0.1) is 0 Å². The third-order valence-corrected chi connectivity index (χ3v) is 5.30. The summed E-state index contributed by atoms with van der Waals surface area (Å²) >= 11 is 0. The lowest BCUT2D eigenvalue weighted by molar-refractivity contribution is -0.117. The molecular weight excluding hydrogens is 380 g/mol. The molecule has 0 aliphatic carbocycles. The summed E-state index contributed by atoms with van der Waals surface area (Å²) in [4.78, 5) is 30.0. The van der Waals surface area contributed by atoms with Gasteiger partial charge in [-0.3, -0.25) is 14.5 Å². The fraction of sp³-hybridized carbons (Fsp3) is 0.591. The van der Waals surface area contributed by atoms with Crippen LogP contribution in [-0.2, 0) is 11.3 Å². The molecule has 1 aromatic carbocycles. The van der Waals surface area contributed by atoms with Gasteiger partial charge in [-0.2, -0.15) is 0 Å². The lowest BCUT2D eigenvalue weighted by atomic mass is 9.98. The topological polar surface area (TPSA) is 112 Å². The van der Waals surface area contributed by atoms with Crippen molar-refractivity contribution in [2.45, 2.75) is 52.1 Å². The van der Waals surface area contributed by atoms with Gasteiger partial charge < -0.3 is 21.7 Å². The number of nitrogens with zero attached hydrogens (tertiary/aromatic N) is 2. The van der Waals surface area contributed by atoms with Crippen molar-refractivity contribution in [1.82, 2.24) is 20.9 Å². The number of primary amides is 1. The number of piperidine rings is 1. The molecular formula is C22H36N6O2. The highest BCUT2D eigenvalue weighted by Crippen LogP contribution is 2.19. The van der Waals surface area contributed by atoms with Crippen molar-refractivity contribution >= 4 is 17.8 Å². The second kappa shape index (κ2) is 11.5. The highest BCUT2D eigenvalue weighted by Gasteiger charge is 2.27. The summed E-state index contributed by atoms with van der Waals surface area (Å²) in [6.07, 6.45) is 3.87. The van der Waals surface area contributed by atoms with Crippen molar-refractivity contribution in [3.63, 3.8) is 0 Å². The normalized spacial score (nSPS) is 15.5. The number of amides is 2. The molecule has 2 amide bonds. The summed E-state index contributed by atoms with van der Waals surface area (Å²) in [5.41, 5.74) is 6.59. The predicted octanol–water partition coefficient (Wildman–Crippen LogP) is 1.22. The van der Waals surface area contributed by atoms with Gasteiger partial charge in [-0.25, -0.2) is 4.99 Å². The van der Waals surface area contributed by atoms with Gasteiger partial charge in [0.05, 0.1) is 13.1 Å². The standard InChI is InChI=1S/C22H36N6O2/c1-4-24-21(27-16-22(2,3)28-12-6-5-7-13-28)26-14-17-8-10-18(11-9-17)20(30)25-15-19(23)29/h8-11H,4-7,12-16H2,1-3H3,(H2,23,29)(H,25,30)(H2,24,26,27). The van der Waals surface area contributed by atoms with Crippen molar-refractivity contribution in [3.05, 3.63) is 35.4 Å². The Morgan fingerprint density at radius 3 is 2.33 bits per heavy atom. The third kappa shape index (κ3) is 7.67. The molecule has 0 atom stereocenters. The van der Waals surface area contributed by atoms with Crippen LogP contribution in [0.4, 0.5) is 0 Å². The lowest BCUT2D eigenvalue weighted by Crippen LogP contribution is -2.54. The highest BCUT2D eigenvalue weighted by atomic mass is 16.2. The number of carbonyl (C=O) groups is 2. The Kier molecular flexibility index (Phi) is 9.11. The van der Waals surface area contributed by atoms with E-state index in [2.05, 4.69) is 39.7 Å².